The second-order valence-corrected chi connectivity index (χ2v) is 15.6. The fourth-order valence-corrected chi connectivity index (χ4v) is 6.13. The molecule has 0 aliphatic carbocycles. The molecule has 0 aromatic heterocycles. The minimum absolute atomic E-state index is 0.0885. The predicted molar refractivity (Wildman–Crippen MR) is 265 cm³/mol. The summed E-state index contributed by atoms with van der Waals surface area (Å²) in [5.41, 5.74) is 0. The topological polar surface area (TPSA) is 78.9 Å². The summed E-state index contributed by atoms with van der Waals surface area (Å²) >= 11 is 0. The van der Waals surface area contributed by atoms with Crippen LogP contribution in [0.25, 0.3) is 0 Å². The van der Waals surface area contributed by atoms with Crippen LogP contribution >= 0.6 is 0 Å². The van der Waals surface area contributed by atoms with Crippen LogP contribution in [0.5, 0.6) is 0 Å². The number of hydrogen-bond acceptors (Lipinski definition) is 6. The first-order valence-electron chi connectivity index (χ1n) is 24.5. The Morgan fingerprint density at radius 2 is 0.677 bits per heavy atom. The minimum Gasteiger partial charge on any atom is -0.462 e. The van der Waals surface area contributed by atoms with Gasteiger partial charge in [0.05, 0.1) is 6.42 Å². The van der Waals surface area contributed by atoms with E-state index in [1.807, 2.05) is 6.08 Å². The predicted octanol–water partition coefficient (Wildman–Crippen LogP) is 16.1. The summed E-state index contributed by atoms with van der Waals surface area (Å²) in [7, 11) is 0. The Labute approximate surface area is 380 Å². The Bertz CT molecular complexity index is 1350. The molecule has 0 aromatic rings. The highest BCUT2D eigenvalue weighted by Crippen LogP contribution is 2.12. The molecule has 0 amide bonds. The molecule has 0 radical (unpaired) electrons. The lowest BCUT2D eigenvalue weighted by Crippen LogP contribution is -2.30. The van der Waals surface area contributed by atoms with E-state index in [4.69, 9.17) is 14.2 Å². The van der Waals surface area contributed by atoms with Crippen LogP contribution in [-0.2, 0) is 28.6 Å². The maximum absolute atomic E-state index is 12.7. The number of esters is 3. The molecule has 0 aliphatic rings. The van der Waals surface area contributed by atoms with Crippen LogP contribution in [0.3, 0.4) is 0 Å². The Hall–Kier alpha value is -4.19. The van der Waals surface area contributed by atoms with Gasteiger partial charge in [0.15, 0.2) is 6.10 Å². The highest BCUT2D eigenvalue weighted by Gasteiger charge is 2.19. The summed E-state index contributed by atoms with van der Waals surface area (Å²) in [6.45, 7) is 6.25. The number of rotatable bonds is 42. The van der Waals surface area contributed by atoms with Crippen LogP contribution in [0.15, 0.2) is 122 Å². The SMILES string of the molecule is CC/C=C\C/C=C\C/C=C\C/C=C\C/C=C\CCCCCCCC(=O)OCC(COC(=O)CCCCCCCCCC)OC(=O)C/C=C\C/C=C\C/C=C\C/C=C\C/C=C\CC. The zero-order valence-corrected chi connectivity index (χ0v) is 39.6. The molecule has 6 nitrogen and oxygen atoms in total. The number of unbranched alkanes of at least 4 members (excludes halogenated alkanes) is 12. The third-order valence-electron chi connectivity index (χ3n) is 9.74. The zero-order chi connectivity index (χ0) is 45.1. The molecule has 0 rings (SSSR count). The molecule has 0 aromatic carbocycles. The highest BCUT2D eigenvalue weighted by atomic mass is 16.6. The van der Waals surface area contributed by atoms with Crippen molar-refractivity contribution in [3.8, 4) is 0 Å². The monoisotopic (exact) mass is 857 g/mol. The molecule has 1 unspecified atom stereocenters. The van der Waals surface area contributed by atoms with Gasteiger partial charge >= 0.3 is 17.9 Å². The van der Waals surface area contributed by atoms with Crippen LogP contribution in [0.2, 0.25) is 0 Å². The second kappa shape index (κ2) is 49.5. The molecule has 0 N–H and O–H groups in total. The molecule has 0 saturated heterocycles. The van der Waals surface area contributed by atoms with Gasteiger partial charge in [-0.1, -0.05) is 206 Å². The van der Waals surface area contributed by atoms with Crippen molar-refractivity contribution in [2.45, 2.75) is 200 Å². The van der Waals surface area contributed by atoms with E-state index in [-0.39, 0.29) is 31.6 Å². The van der Waals surface area contributed by atoms with Crippen molar-refractivity contribution in [2.24, 2.45) is 0 Å². The van der Waals surface area contributed by atoms with E-state index in [1.54, 1.807) is 6.08 Å². The van der Waals surface area contributed by atoms with Gasteiger partial charge in [-0.3, -0.25) is 14.4 Å². The average Bonchev–Trinajstić information content (AvgIpc) is 3.27. The van der Waals surface area contributed by atoms with Gasteiger partial charge in [-0.15, -0.1) is 0 Å². The molecule has 6 heteroatoms. The van der Waals surface area contributed by atoms with E-state index in [1.165, 1.54) is 32.1 Å². The number of ether oxygens (including phenoxy) is 3. The Kier molecular flexibility index (Phi) is 46.1. The molecular weight excluding hydrogens is 769 g/mol. The first-order valence-corrected chi connectivity index (χ1v) is 24.5. The standard InChI is InChI=1S/C56H88O6/c1-4-7-10-13-16-19-21-23-25-26-27-28-29-30-32-33-35-37-40-43-46-49-55(58)61-52-53(51-60-54(57)48-45-42-39-18-15-12-9-6-3)62-56(59)50-47-44-41-38-36-34-31-24-22-20-17-14-11-8-5-2/h7-8,10-11,16-17,19-20,23-25,27-28,30-32,36,38,44,47,53H,4-6,9,12-15,18,21-22,26,29,33-35,37,39-43,45-46,48-52H2,1-3H3/b10-7-,11-8-,19-16-,20-17-,25-23-,28-27-,31-24-,32-30-,38-36-,47-44-. The van der Waals surface area contributed by atoms with Crippen molar-refractivity contribution in [3.05, 3.63) is 122 Å². The van der Waals surface area contributed by atoms with Crippen molar-refractivity contribution in [1.82, 2.24) is 0 Å². The van der Waals surface area contributed by atoms with Gasteiger partial charge in [-0.05, 0) is 89.9 Å². The van der Waals surface area contributed by atoms with Crippen molar-refractivity contribution in [3.63, 3.8) is 0 Å². The maximum atomic E-state index is 12.7. The Morgan fingerprint density at radius 1 is 0.355 bits per heavy atom. The van der Waals surface area contributed by atoms with Gasteiger partial charge in [0.25, 0.3) is 0 Å². The molecule has 0 fully saturated rings. The molecule has 0 aliphatic heterocycles. The number of carbonyl (C=O) groups excluding carboxylic acids is 3. The van der Waals surface area contributed by atoms with Gasteiger partial charge in [0, 0.05) is 12.8 Å². The summed E-state index contributed by atoms with van der Waals surface area (Å²) in [4.78, 5) is 37.7. The van der Waals surface area contributed by atoms with Crippen LogP contribution in [0, 0.1) is 0 Å². The molecule has 0 heterocycles. The third-order valence-corrected chi connectivity index (χ3v) is 9.74. The summed E-state index contributed by atoms with van der Waals surface area (Å²) in [5, 5.41) is 0. The van der Waals surface area contributed by atoms with Gasteiger partial charge in [-0.2, -0.15) is 0 Å². The fraction of sp³-hybridized carbons (Fsp3) is 0.589. The first kappa shape index (κ1) is 57.8. The smallest absolute Gasteiger partial charge is 0.310 e. The molecule has 0 bridgehead atoms. The molecule has 0 spiro atoms. The van der Waals surface area contributed by atoms with Gasteiger partial charge in [-0.25, -0.2) is 0 Å². The molecule has 1 atom stereocenters. The van der Waals surface area contributed by atoms with E-state index in [2.05, 4.69) is 130 Å². The van der Waals surface area contributed by atoms with Crippen LogP contribution < -0.4 is 0 Å². The van der Waals surface area contributed by atoms with E-state index in [9.17, 15) is 14.4 Å². The largest absolute Gasteiger partial charge is 0.462 e. The minimum atomic E-state index is -0.840. The highest BCUT2D eigenvalue weighted by molar-refractivity contribution is 5.72. The maximum Gasteiger partial charge on any atom is 0.310 e. The molecule has 348 valence electrons. The lowest BCUT2D eigenvalue weighted by Gasteiger charge is -2.18. The van der Waals surface area contributed by atoms with Gasteiger partial charge in [0.1, 0.15) is 13.2 Å². The van der Waals surface area contributed by atoms with E-state index >= 15 is 0 Å². The van der Waals surface area contributed by atoms with E-state index in [0.29, 0.717) is 19.3 Å². The lowest BCUT2D eigenvalue weighted by atomic mass is 10.1. The normalized spacial score (nSPS) is 13.1. The quantitative estimate of drug-likeness (QED) is 0.0263. The number of hydrogen-bond donors (Lipinski definition) is 0. The van der Waals surface area contributed by atoms with Crippen molar-refractivity contribution in [1.29, 1.82) is 0 Å². The van der Waals surface area contributed by atoms with Crippen LogP contribution in [-0.4, -0.2) is 37.2 Å². The van der Waals surface area contributed by atoms with Crippen molar-refractivity contribution < 1.29 is 28.6 Å². The first-order chi connectivity index (χ1) is 30.5. The summed E-state index contributed by atoms with van der Waals surface area (Å²) in [6.07, 6.45) is 67.9. The fourth-order valence-electron chi connectivity index (χ4n) is 6.13. The lowest BCUT2D eigenvalue weighted by molar-refractivity contribution is -0.166. The molecule has 0 saturated carbocycles. The Balaban J connectivity index is 4.47. The van der Waals surface area contributed by atoms with Gasteiger partial charge in [0.2, 0.25) is 0 Å². The van der Waals surface area contributed by atoms with E-state index in [0.717, 1.165) is 116 Å². The third kappa shape index (κ3) is 46.9. The zero-order valence-electron chi connectivity index (χ0n) is 39.6. The Morgan fingerprint density at radius 3 is 1.06 bits per heavy atom. The van der Waals surface area contributed by atoms with Crippen molar-refractivity contribution in [2.75, 3.05) is 13.2 Å². The van der Waals surface area contributed by atoms with E-state index < -0.39 is 12.1 Å². The van der Waals surface area contributed by atoms with Gasteiger partial charge < -0.3 is 14.2 Å². The molecule has 62 heavy (non-hydrogen) atoms. The summed E-state index contributed by atoms with van der Waals surface area (Å²) in [5.74, 6) is -1.09. The second-order valence-electron chi connectivity index (χ2n) is 15.6. The van der Waals surface area contributed by atoms with Crippen LogP contribution in [0.4, 0.5) is 0 Å². The van der Waals surface area contributed by atoms with Crippen molar-refractivity contribution >= 4 is 17.9 Å². The summed E-state index contributed by atoms with van der Waals surface area (Å²) in [6, 6.07) is 0. The molecular formula is C56H88O6. The number of carbonyl (C=O) groups is 3. The average molecular weight is 857 g/mol. The summed E-state index contributed by atoms with van der Waals surface area (Å²) < 4.78 is 16.6. The number of allylic oxidation sites excluding steroid dienone is 19. The van der Waals surface area contributed by atoms with Crippen LogP contribution in [0.1, 0.15) is 194 Å².